The predicted octanol–water partition coefficient (Wildman–Crippen LogP) is 8.66. The number of para-hydroxylation sites is 1. The number of nitrogen functional groups attached to an aromatic ring is 1. The third kappa shape index (κ3) is 5.01. The molecular formula is C36H30ClNO4. The monoisotopic (exact) mass is 575 g/mol. The average molecular weight is 576 g/mol. The Morgan fingerprint density at radius 2 is 1.74 bits per heavy atom. The number of benzene rings is 4. The van der Waals surface area contributed by atoms with Crippen LogP contribution in [0.3, 0.4) is 0 Å². The van der Waals surface area contributed by atoms with E-state index in [4.69, 9.17) is 27.2 Å². The molecule has 0 radical (unpaired) electrons. The topological polar surface area (TPSA) is 89.6 Å². The fourth-order valence-electron chi connectivity index (χ4n) is 6.03. The zero-order valence-electron chi connectivity index (χ0n) is 23.4. The number of hydrogen-bond acceptors (Lipinski definition) is 4. The number of rotatable bonds is 2. The number of ketones is 1. The first kappa shape index (κ1) is 27.6. The van der Waals surface area contributed by atoms with E-state index in [1.807, 2.05) is 60.7 Å². The molecule has 0 amide bonds. The number of carboxylic acids is 1. The van der Waals surface area contributed by atoms with Crippen LogP contribution in [0.5, 0.6) is 5.75 Å². The Kier molecular flexibility index (Phi) is 6.99. The summed E-state index contributed by atoms with van der Waals surface area (Å²) in [5.41, 5.74) is 14.4. The average Bonchev–Trinajstić information content (AvgIpc) is 2.97. The molecule has 5 nitrogen and oxygen atoms in total. The van der Waals surface area contributed by atoms with Crippen LogP contribution in [0.1, 0.15) is 48.2 Å². The Hall–Kier alpha value is -4.61. The van der Waals surface area contributed by atoms with E-state index in [2.05, 4.69) is 38.1 Å². The van der Waals surface area contributed by atoms with Crippen LogP contribution in [0.25, 0.3) is 27.5 Å². The van der Waals surface area contributed by atoms with Crippen LogP contribution in [0, 0.1) is 5.41 Å². The Morgan fingerprint density at radius 1 is 0.976 bits per heavy atom. The van der Waals surface area contributed by atoms with Gasteiger partial charge >= 0.3 is 5.97 Å². The largest absolute Gasteiger partial charge is 0.478 e. The Labute approximate surface area is 249 Å². The van der Waals surface area contributed by atoms with E-state index in [-0.39, 0.29) is 11.2 Å². The number of ether oxygens (including phenoxy) is 1. The SMILES string of the molecule is CC1(C)CC=CC2=C1CC(=O)c1c2ccc2cc(N)cc(-c3ccc(Cl)cc3)c12.O=C(O)C1=COc2ccccc2C1. The highest BCUT2D eigenvalue weighted by atomic mass is 35.5. The summed E-state index contributed by atoms with van der Waals surface area (Å²) in [6.45, 7) is 4.45. The molecule has 0 saturated carbocycles. The molecule has 0 atom stereocenters. The molecule has 3 aliphatic rings. The zero-order chi connectivity index (χ0) is 29.6. The molecule has 3 N–H and O–H groups in total. The number of carboxylic acid groups (broad SMARTS) is 1. The van der Waals surface area contributed by atoms with Gasteiger partial charge in [0, 0.05) is 34.5 Å². The molecule has 0 aromatic heterocycles. The van der Waals surface area contributed by atoms with Crippen LogP contribution in [0.4, 0.5) is 5.69 Å². The Balaban J connectivity index is 0.000000203. The maximum absolute atomic E-state index is 13.5. The van der Waals surface area contributed by atoms with Gasteiger partial charge in [0.05, 0.1) is 5.57 Å². The van der Waals surface area contributed by atoms with Crippen molar-refractivity contribution in [3.63, 3.8) is 0 Å². The second-order valence-electron chi connectivity index (χ2n) is 11.5. The van der Waals surface area contributed by atoms with Gasteiger partial charge < -0.3 is 15.6 Å². The third-order valence-corrected chi connectivity index (χ3v) is 8.46. The molecule has 0 spiro atoms. The second kappa shape index (κ2) is 10.7. The number of aliphatic carboxylic acids is 1. The molecule has 1 heterocycles. The molecule has 0 bridgehead atoms. The lowest BCUT2D eigenvalue weighted by Gasteiger charge is -2.35. The number of nitrogens with two attached hydrogens (primary N) is 1. The van der Waals surface area contributed by atoms with Crippen LogP contribution < -0.4 is 10.5 Å². The summed E-state index contributed by atoms with van der Waals surface area (Å²) in [5.74, 6) is 0.00899. The lowest BCUT2D eigenvalue weighted by atomic mass is 9.68. The van der Waals surface area contributed by atoms with Gasteiger partial charge in [-0.3, -0.25) is 4.79 Å². The second-order valence-corrected chi connectivity index (χ2v) is 11.9. The van der Waals surface area contributed by atoms with Gasteiger partial charge in [-0.1, -0.05) is 80.1 Å². The molecule has 1 aliphatic heterocycles. The van der Waals surface area contributed by atoms with Crippen molar-refractivity contribution in [1.29, 1.82) is 0 Å². The quantitative estimate of drug-likeness (QED) is 0.233. The zero-order valence-corrected chi connectivity index (χ0v) is 24.2. The van der Waals surface area contributed by atoms with E-state index in [1.54, 1.807) is 0 Å². The van der Waals surface area contributed by atoms with Crippen molar-refractivity contribution in [1.82, 2.24) is 0 Å². The lowest BCUT2D eigenvalue weighted by molar-refractivity contribution is -0.132. The van der Waals surface area contributed by atoms with Gasteiger partial charge in [0.1, 0.15) is 12.0 Å². The van der Waals surface area contributed by atoms with E-state index >= 15 is 0 Å². The van der Waals surface area contributed by atoms with Gasteiger partial charge in [-0.25, -0.2) is 4.79 Å². The number of allylic oxidation sites excluding steroid dienone is 4. The number of fused-ring (bicyclic) bond motifs is 5. The molecule has 0 fully saturated rings. The smallest absolute Gasteiger partial charge is 0.335 e. The molecule has 4 aromatic carbocycles. The summed E-state index contributed by atoms with van der Waals surface area (Å²) in [6, 6.07) is 23.2. The van der Waals surface area contributed by atoms with Crippen molar-refractivity contribution in [3.05, 3.63) is 124 Å². The predicted molar refractivity (Wildman–Crippen MR) is 169 cm³/mol. The van der Waals surface area contributed by atoms with Gasteiger partial charge in [-0.05, 0) is 81.0 Å². The number of halogens is 1. The van der Waals surface area contributed by atoms with Crippen LogP contribution in [0.15, 0.2) is 102 Å². The molecule has 42 heavy (non-hydrogen) atoms. The first-order valence-corrected chi connectivity index (χ1v) is 14.2. The summed E-state index contributed by atoms with van der Waals surface area (Å²) in [4.78, 5) is 24.1. The van der Waals surface area contributed by atoms with Crippen molar-refractivity contribution in [2.45, 2.75) is 33.1 Å². The standard InChI is InChI=1S/C26H22ClNO.C10H8O3/c1-26(2)11-3-4-19-20-10-7-16-12-18(28)13-21(15-5-8-17(27)9-6-15)24(16)25(20)23(29)14-22(19)26;11-10(12)8-5-7-3-1-2-4-9(7)13-6-8/h3-10,12-13H,11,14,28H2,1-2H3;1-4,6H,5H2,(H,11,12). The first-order valence-electron chi connectivity index (χ1n) is 13.9. The normalized spacial score (nSPS) is 16.4. The number of carbonyl (C=O) groups excluding carboxylic acids is 1. The van der Waals surface area contributed by atoms with Gasteiger partial charge in [0.25, 0.3) is 0 Å². The number of hydrogen-bond donors (Lipinski definition) is 2. The maximum Gasteiger partial charge on any atom is 0.335 e. The fraction of sp³-hybridized carbons (Fsp3) is 0.167. The minimum absolute atomic E-state index is 0.00646. The highest BCUT2D eigenvalue weighted by Gasteiger charge is 2.35. The molecule has 6 heteroatoms. The minimum Gasteiger partial charge on any atom is -0.478 e. The third-order valence-electron chi connectivity index (χ3n) is 8.21. The Bertz CT molecular complexity index is 1860. The number of carbonyl (C=O) groups is 2. The van der Waals surface area contributed by atoms with Crippen LogP contribution in [-0.2, 0) is 11.2 Å². The molecular weight excluding hydrogens is 546 g/mol. The van der Waals surface area contributed by atoms with E-state index in [0.29, 0.717) is 29.1 Å². The Morgan fingerprint density at radius 3 is 2.50 bits per heavy atom. The van der Waals surface area contributed by atoms with Crippen LogP contribution >= 0.6 is 11.6 Å². The van der Waals surface area contributed by atoms with Crippen molar-refractivity contribution in [3.8, 4) is 16.9 Å². The van der Waals surface area contributed by atoms with Crippen molar-refractivity contribution in [2.24, 2.45) is 5.41 Å². The van der Waals surface area contributed by atoms with Crippen LogP contribution in [0.2, 0.25) is 5.02 Å². The summed E-state index contributed by atoms with van der Waals surface area (Å²) < 4.78 is 5.15. The van der Waals surface area contributed by atoms with E-state index in [1.165, 1.54) is 17.4 Å². The number of anilines is 1. The van der Waals surface area contributed by atoms with E-state index < -0.39 is 5.97 Å². The van der Waals surface area contributed by atoms with Crippen LogP contribution in [-0.4, -0.2) is 16.9 Å². The molecule has 2 aliphatic carbocycles. The van der Waals surface area contributed by atoms with Crippen molar-refractivity contribution in [2.75, 3.05) is 5.73 Å². The van der Waals surface area contributed by atoms with E-state index in [0.717, 1.165) is 50.8 Å². The summed E-state index contributed by atoms with van der Waals surface area (Å²) >= 11 is 6.10. The van der Waals surface area contributed by atoms with Gasteiger partial charge in [-0.15, -0.1) is 0 Å². The summed E-state index contributed by atoms with van der Waals surface area (Å²) in [5, 5.41) is 11.4. The summed E-state index contributed by atoms with van der Waals surface area (Å²) in [6.07, 6.45) is 7.59. The lowest BCUT2D eigenvalue weighted by Crippen LogP contribution is -2.24. The first-order chi connectivity index (χ1) is 20.1. The van der Waals surface area contributed by atoms with Crippen molar-refractivity contribution >= 4 is 45.4 Å². The molecule has 0 unspecified atom stereocenters. The molecule has 4 aromatic rings. The maximum atomic E-state index is 13.5. The highest BCUT2D eigenvalue weighted by Crippen LogP contribution is 2.48. The van der Waals surface area contributed by atoms with Gasteiger partial charge in [0.15, 0.2) is 5.78 Å². The minimum atomic E-state index is -0.922. The summed E-state index contributed by atoms with van der Waals surface area (Å²) in [7, 11) is 0. The van der Waals surface area contributed by atoms with Crippen molar-refractivity contribution < 1.29 is 19.4 Å². The molecule has 7 rings (SSSR count). The fourth-order valence-corrected chi connectivity index (χ4v) is 6.15. The highest BCUT2D eigenvalue weighted by molar-refractivity contribution is 6.30. The van der Waals surface area contributed by atoms with Gasteiger partial charge in [0.2, 0.25) is 0 Å². The molecule has 0 saturated heterocycles. The van der Waals surface area contributed by atoms with Gasteiger partial charge in [-0.2, -0.15) is 0 Å². The van der Waals surface area contributed by atoms with E-state index in [9.17, 15) is 9.59 Å². The number of Topliss-reactive ketones (excluding diaryl/α,β-unsaturated/α-hetero) is 1. The molecule has 210 valence electrons.